The Labute approximate surface area is 79.9 Å². The maximum Gasteiger partial charge on any atom is 0.0220 e. The molecule has 0 amide bonds. The fourth-order valence-electron chi connectivity index (χ4n) is 1.75. The van der Waals surface area contributed by atoms with Gasteiger partial charge in [-0.2, -0.15) is 0 Å². The van der Waals surface area contributed by atoms with Crippen molar-refractivity contribution >= 4 is 0 Å². The first-order valence-corrected chi connectivity index (χ1v) is 5.07. The van der Waals surface area contributed by atoms with E-state index < -0.39 is 0 Å². The largest absolute Gasteiger partial charge is 0.357 e. The van der Waals surface area contributed by atoms with E-state index in [4.69, 9.17) is 0 Å². The van der Waals surface area contributed by atoms with Crippen molar-refractivity contribution in [3.05, 3.63) is 24.0 Å². The maximum absolute atomic E-state index is 3.49. The van der Waals surface area contributed by atoms with Crippen molar-refractivity contribution in [2.45, 2.75) is 19.9 Å². The highest BCUT2D eigenvalue weighted by Gasteiger charge is 2.31. The monoisotopic (exact) mass is 178 g/mol. The second-order valence-corrected chi connectivity index (χ2v) is 4.29. The minimum absolute atomic E-state index is 0.948. The van der Waals surface area contributed by atoms with Gasteiger partial charge in [-0.05, 0) is 36.4 Å². The van der Waals surface area contributed by atoms with Crippen LogP contribution < -0.4 is 5.32 Å². The molecule has 1 aromatic heterocycles. The van der Waals surface area contributed by atoms with Crippen molar-refractivity contribution in [3.8, 4) is 0 Å². The molecule has 72 valence electrons. The van der Waals surface area contributed by atoms with E-state index in [1.807, 2.05) is 0 Å². The molecule has 0 spiro atoms. The van der Waals surface area contributed by atoms with E-state index in [1.54, 1.807) is 0 Å². The van der Waals surface area contributed by atoms with Crippen molar-refractivity contribution in [1.82, 2.24) is 9.88 Å². The first kappa shape index (κ1) is 8.82. The lowest BCUT2D eigenvalue weighted by molar-refractivity contribution is 0.611. The summed E-state index contributed by atoms with van der Waals surface area (Å²) in [5.74, 6) is 1.91. The lowest BCUT2D eigenvalue weighted by Crippen LogP contribution is -2.16. The molecule has 2 nitrogen and oxygen atoms in total. The third-order valence-electron chi connectivity index (χ3n) is 2.90. The first-order valence-electron chi connectivity index (χ1n) is 5.07. The van der Waals surface area contributed by atoms with Crippen LogP contribution in [0.5, 0.6) is 0 Å². The molecule has 1 aromatic rings. The van der Waals surface area contributed by atoms with Crippen molar-refractivity contribution in [2.24, 2.45) is 18.9 Å². The van der Waals surface area contributed by atoms with Gasteiger partial charge in [0.15, 0.2) is 0 Å². The average Bonchev–Trinajstić information content (AvgIpc) is 2.60. The van der Waals surface area contributed by atoms with Crippen molar-refractivity contribution in [2.75, 3.05) is 6.54 Å². The lowest BCUT2D eigenvalue weighted by Gasteiger charge is -2.00. The van der Waals surface area contributed by atoms with Gasteiger partial charge in [0.05, 0.1) is 0 Å². The summed E-state index contributed by atoms with van der Waals surface area (Å²) in [6.07, 6.45) is 5.68. The number of nitrogens with one attached hydrogen (secondary N) is 1. The van der Waals surface area contributed by atoms with Gasteiger partial charge in [0.2, 0.25) is 0 Å². The molecule has 1 heterocycles. The van der Waals surface area contributed by atoms with Crippen LogP contribution in [0.25, 0.3) is 0 Å². The quantitative estimate of drug-likeness (QED) is 0.743. The van der Waals surface area contributed by atoms with Gasteiger partial charge in [-0.15, -0.1) is 0 Å². The van der Waals surface area contributed by atoms with Crippen LogP contribution in [0.1, 0.15) is 18.9 Å². The molecule has 2 atom stereocenters. The van der Waals surface area contributed by atoms with Gasteiger partial charge < -0.3 is 9.88 Å². The Hall–Kier alpha value is -0.760. The second kappa shape index (κ2) is 3.54. The van der Waals surface area contributed by atoms with E-state index in [0.717, 1.165) is 18.4 Å². The van der Waals surface area contributed by atoms with Crippen LogP contribution >= 0.6 is 0 Å². The smallest absolute Gasteiger partial charge is 0.0220 e. The van der Waals surface area contributed by atoms with E-state index in [-0.39, 0.29) is 0 Å². The van der Waals surface area contributed by atoms with Crippen LogP contribution in [0.2, 0.25) is 0 Å². The van der Waals surface area contributed by atoms with E-state index in [1.165, 1.54) is 18.5 Å². The Kier molecular flexibility index (Phi) is 2.40. The molecule has 1 fully saturated rings. The molecule has 0 aromatic carbocycles. The second-order valence-electron chi connectivity index (χ2n) is 4.29. The standard InChI is InChI=1S/C11H18N2/c1-9-5-11(9)7-12-6-10-3-4-13(2)8-10/h3-4,8-9,11-12H,5-7H2,1-2H3. The fraction of sp³-hybridized carbons (Fsp3) is 0.636. The average molecular weight is 178 g/mol. The zero-order valence-corrected chi connectivity index (χ0v) is 8.46. The van der Waals surface area contributed by atoms with Crippen molar-refractivity contribution in [1.29, 1.82) is 0 Å². The Bertz CT molecular complexity index is 277. The Morgan fingerprint density at radius 1 is 1.62 bits per heavy atom. The molecule has 1 aliphatic rings. The fourth-order valence-corrected chi connectivity index (χ4v) is 1.75. The summed E-state index contributed by atoms with van der Waals surface area (Å²) in [5.41, 5.74) is 1.39. The highest BCUT2D eigenvalue weighted by atomic mass is 14.9. The highest BCUT2D eigenvalue weighted by molar-refractivity contribution is 5.09. The minimum Gasteiger partial charge on any atom is -0.357 e. The predicted molar refractivity (Wildman–Crippen MR) is 54.4 cm³/mol. The molecule has 1 aliphatic carbocycles. The third kappa shape index (κ3) is 2.34. The van der Waals surface area contributed by atoms with Crippen LogP contribution in [0.15, 0.2) is 18.5 Å². The first-order chi connectivity index (χ1) is 6.25. The number of aromatic nitrogens is 1. The number of aryl methyl sites for hydroxylation is 1. The maximum atomic E-state index is 3.49. The zero-order chi connectivity index (χ0) is 9.26. The van der Waals surface area contributed by atoms with Crippen LogP contribution in [0.4, 0.5) is 0 Å². The number of nitrogens with zero attached hydrogens (tertiary/aromatic N) is 1. The number of hydrogen-bond donors (Lipinski definition) is 1. The normalized spacial score (nSPS) is 26.3. The Morgan fingerprint density at radius 2 is 2.38 bits per heavy atom. The SMILES string of the molecule is CC1CC1CNCc1ccn(C)c1. The van der Waals surface area contributed by atoms with E-state index in [0.29, 0.717) is 0 Å². The molecule has 0 saturated heterocycles. The summed E-state index contributed by atoms with van der Waals surface area (Å²) < 4.78 is 2.09. The Morgan fingerprint density at radius 3 is 2.92 bits per heavy atom. The van der Waals surface area contributed by atoms with Crippen LogP contribution in [-0.2, 0) is 13.6 Å². The van der Waals surface area contributed by atoms with Gasteiger partial charge >= 0.3 is 0 Å². The predicted octanol–water partition coefficient (Wildman–Crippen LogP) is 1.77. The lowest BCUT2D eigenvalue weighted by atomic mass is 10.3. The van der Waals surface area contributed by atoms with Crippen LogP contribution in [0, 0.1) is 11.8 Å². The molecule has 1 N–H and O–H groups in total. The van der Waals surface area contributed by atoms with E-state index >= 15 is 0 Å². The van der Waals surface area contributed by atoms with Gasteiger partial charge in [0.25, 0.3) is 0 Å². The van der Waals surface area contributed by atoms with Gasteiger partial charge in [-0.1, -0.05) is 6.92 Å². The summed E-state index contributed by atoms with van der Waals surface area (Å²) in [4.78, 5) is 0. The molecule has 2 rings (SSSR count). The molecule has 0 aliphatic heterocycles. The van der Waals surface area contributed by atoms with Gasteiger partial charge in [-0.3, -0.25) is 0 Å². The molecule has 2 heteroatoms. The molecule has 0 radical (unpaired) electrons. The Balaban J connectivity index is 1.68. The summed E-state index contributed by atoms with van der Waals surface area (Å²) in [5, 5.41) is 3.49. The highest BCUT2D eigenvalue weighted by Crippen LogP contribution is 2.36. The van der Waals surface area contributed by atoms with Crippen LogP contribution in [-0.4, -0.2) is 11.1 Å². The third-order valence-corrected chi connectivity index (χ3v) is 2.90. The zero-order valence-electron chi connectivity index (χ0n) is 8.46. The van der Waals surface area contributed by atoms with Crippen molar-refractivity contribution in [3.63, 3.8) is 0 Å². The molecule has 0 bridgehead atoms. The van der Waals surface area contributed by atoms with Gasteiger partial charge in [-0.25, -0.2) is 0 Å². The van der Waals surface area contributed by atoms with Gasteiger partial charge in [0.1, 0.15) is 0 Å². The summed E-state index contributed by atoms with van der Waals surface area (Å²) >= 11 is 0. The van der Waals surface area contributed by atoms with Crippen LogP contribution in [0.3, 0.4) is 0 Å². The number of rotatable bonds is 4. The molecule has 13 heavy (non-hydrogen) atoms. The van der Waals surface area contributed by atoms with E-state index in [2.05, 4.69) is 42.3 Å². The number of hydrogen-bond acceptors (Lipinski definition) is 1. The minimum atomic E-state index is 0.948. The van der Waals surface area contributed by atoms with E-state index in [9.17, 15) is 0 Å². The summed E-state index contributed by atoms with van der Waals surface area (Å²) in [6, 6.07) is 2.17. The topological polar surface area (TPSA) is 17.0 Å². The summed E-state index contributed by atoms with van der Waals surface area (Å²) in [7, 11) is 2.06. The molecular formula is C11H18N2. The molecule has 1 saturated carbocycles. The molecular weight excluding hydrogens is 160 g/mol. The van der Waals surface area contributed by atoms with Gasteiger partial charge in [0, 0.05) is 26.0 Å². The molecule has 2 unspecified atom stereocenters. The van der Waals surface area contributed by atoms with Crippen molar-refractivity contribution < 1.29 is 0 Å². The summed E-state index contributed by atoms with van der Waals surface area (Å²) in [6.45, 7) is 4.54.